The van der Waals surface area contributed by atoms with Crippen LogP contribution >= 0.6 is 22.6 Å². The van der Waals surface area contributed by atoms with Gasteiger partial charge in [0.1, 0.15) is 5.82 Å². The van der Waals surface area contributed by atoms with E-state index in [0.717, 1.165) is 9.66 Å². The van der Waals surface area contributed by atoms with Crippen molar-refractivity contribution in [3.8, 4) is 0 Å². The number of rotatable bonds is 2. The first-order valence-electron chi connectivity index (χ1n) is 3.12. The van der Waals surface area contributed by atoms with Crippen molar-refractivity contribution < 1.29 is 0 Å². The Hall–Kier alpha value is -0.650. The molecule has 0 fully saturated rings. The van der Waals surface area contributed by atoms with Crippen molar-refractivity contribution in [3.05, 3.63) is 28.4 Å². The highest BCUT2D eigenvalue weighted by Crippen LogP contribution is 2.00. The lowest BCUT2D eigenvalue weighted by Crippen LogP contribution is -1.91. The maximum absolute atomic E-state index is 4.12. The molecule has 0 saturated heterocycles. The number of halogens is 1. The Morgan fingerprint density at radius 2 is 2.36 bits per heavy atom. The van der Waals surface area contributed by atoms with Crippen LogP contribution in [0.5, 0.6) is 0 Å². The van der Waals surface area contributed by atoms with E-state index in [1.165, 1.54) is 0 Å². The molecular formula is C7H8IN3. The molecule has 11 heavy (non-hydrogen) atoms. The molecule has 0 spiro atoms. The monoisotopic (exact) mass is 261 g/mol. The molecular weight excluding hydrogens is 253 g/mol. The summed E-state index contributed by atoms with van der Waals surface area (Å²) in [7, 11) is 0. The van der Waals surface area contributed by atoms with Crippen molar-refractivity contribution >= 4 is 28.8 Å². The number of aromatic nitrogens is 3. The second-order valence-electron chi connectivity index (χ2n) is 1.95. The molecule has 0 aliphatic heterocycles. The third-order valence-electron chi connectivity index (χ3n) is 1.14. The number of allylic oxidation sites excluding steroid dienone is 2. The lowest BCUT2D eigenvalue weighted by Gasteiger charge is -1.89. The molecule has 0 saturated carbocycles. The molecule has 0 aliphatic carbocycles. The fourth-order valence-electron chi connectivity index (χ4n) is 0.652. The van der Waals surface area contributed by atoms with E-state index in [1.54, 1.807) is 10.8 Å². The molecule has 3 nitrogen and oxygen atoms in total. The predicted molar refractivity (Wildman–Crippen MR) is 53.0 cm³/mol. The number of hydrogen-bond donors (Lipinski definition) is 0. The number of aryl methyl sites for hydroxylation is 1. The van der Waals surface area contributed by atoms with E-state index in [2.05, 4.69) is 39.3 Å². The minimum Gasteiger partial charge on any atom is -0.224 e. The van der Waals surface area contributed by atoms with Crippen LogP contribution in [0.4, 0.5) is 0 Å². The van der Waals surface area contributed by atoms with Gasteiger partial charge in [0.2, 0.25) is 3.83 Å². The summed E-state index contributed by atoms with van der Waals surface area (Å²) in [5.41, 5.74) is 0. The van der Waals surface area contributed by atoms with Gasteiger partial charge < -0.3 is 0 Å². The smallest absolute Gasteiger partial charge is 0.212 e. The van der Waals surface area contributed by atoms with Crippen LogP contribution < -0.4 is 0 Å². The first-order chi connectivity index (χ1) is 5.24. The van der Waals surface area contributed by atoms with E-state index in [4.69, 9.17) is 0 Å². The molecule has 1 rings (SSSR count). The summed E-state index contributed by atoms with van der Waals surface area (Å²) in [4.78, 5) is 4.12. The third kappa shape index (κ3) is 2.14. The van der Waals surface area contributed by atoms with Gasteiger partial charge >= 0.3 is 0 Å². The molecule has 1 aromatic rings. The standard InChI is InChI=1S/C7H8IN3/c1-3-4-5-11-6(2)9-7(8)10-11/h3-5H,1H2,2H3/b5-4-. The molecule has 0 aliphatic rings. The Labute approximate surface area is 79.0 Å². The van der Waals surface area contributed by atoms with Gasteiger partial charge in [-0.05, 0) is 13.0 Å². The highest BCUT2D eigenvalue weighted by molar-refractivity contribution is 14.1. The molecule has 0 aromatic carbocycles. The van der Waals surface area contributed by atoms with Gasteiger partial charge in [-0.15, -0.1) is 5.10 Å². The quantitative estimate of drug-likeness (QED) is 0.600. The van der Waals surface area contributed by atoms with E-state index >= 15 is 0 Å². The minimum atomic E-state index is 0.758. The summed E-state index contributed by atoms with van der Waals surface area (Å²) in [6, 6.07) is 0. The molecule has 0 bridgehead atoms. The topological polar surface area (TPSA) is 30.7 Å². The molecule has 1 aromatic heterocycles. The molecule has 0 unspecified atom stereocenters. The number of nitrogens with zero attached hydrogens (tertiary/aromatic N) is 3. The van der Waals surface area contributed by atoms with Crippen molar-refractivity contribution in [3.63, 3.8) is 0 Å². The van der Waals surface area contributed by atoms with E-state index in [9.17, 15) is 0 Å². The molecule has 0 atom stereocenters. The third-order valence-corrected chi connectivity index (χ3v) is 1.60. The molecule has 0 amide bonds. The van der Waals surface area contributed by atoms with Crippen molar-refractivity contribution in [1.82, 2.24) is 14.8 Å². The summed E-state index contributed by atoms with van der Waals surface area (Å²) in [6.45, 7) is 5.47. The van der Waals surface area contributed by atoms with Crippen molar-refractivity contribution in [1.29, 1.82) is 0 Å². The SMILES string of the molecule is C=C/C=C\n1nc(I)nc1C. The van der Waals surface area contributed by atoms with Crippen molar-refractivity contribution in [2.24, 2.45) is 0 Å². The van der Waals surface area contributed by atoms with Crippen LogP contribution in [0.25, 0.3) is 6.20 Å². The molecule has 0 radical (unpaired) electrons. The Morgan fingerprint density at radius 1 is 1.64 bits per heavy atom. The van der Waals surface area contributed by atoms with Crippen molar-refractivity contribution in [2.75, 3.05) is 0 Å². The largest absolute Gasteiger partial charge is 0.224 e. The zero-order valence-corrected chi connectivity index (χ0v) is 8.32. The van der Waals surface area contributed by atoms with Gasteiger partial charge in [0.15, 0.2) is 0 Å². The van der Waals surface area contributed by atoms with Crippen LogP contribution in [-0.4, -0.2) is 14.8 Å². The van der Waals surface area contributed by atoms with Gasteiger partial charge in [-0.2, -0.15) is 0 Å². The van der Waals surface area contributed by atoms with E-state index in [-0.39, 0.29) is 0 Å². The summed E-state index contributed by atoms with van der Waals surface area (Å²) < 4.78 is 2.47. The highest BCUT2D eigenvalue weighted by atomic mass is 127. The zero-order chi connectivity index (χ0) is 8.27. The molecule has 1 heterocycles. The molecule has 58 valence electrons. The Bertz CT molecular complexity index is 288. The van der Waals surface area contributed by atoms with Crippen LogP contribution in [0.1, 0.15) is 5.82 Å². The average Bonchev–Trinajstić information content (AvgIpc) is 2.26. The van der Waals surface area contributed by atoms with Gasteiger partial charge in [-0.25, -0.2) is 9.67 Å². The maximum Gasteiger partial charge on any atom is 0.212 e. The lowest BCUT2D eigenvalue weighted by molar-refractivity contribution is 0.883. The Morgan fingerprint density at radius 3 is 2.82 bits per heavy atom. The summed E-state index contributed by atoms with van der Waals surface area (Å²) in [6.07, 6.45) is 5.34. The summed E-state index contributed by atoms with van der Waals surface area (Å²) >= 11 is 2.08. The van der Waals surface area contributed by atoms with Gasteiger partial charge in [0.25, 0.3) is 0 Å². The Kier molecular flexibility index (Phi) is 2.81. The Balaban J connectivity index is 2.93. The minimum absolute atomic E-state index is 0.758. The van der Waals surface area contributed by atoms with Gasteiger partial charge in [0, 0.05) is 28.8 Å². The zero-order valence-electron chi connectivity index (χ0n) is 6.16. The normalized spacial score (nSPS) is 10.7. The second-order valence-corrected chi connectivity index (χ2v) is 2.91. The number of hydrogen-bond acceptors (Lipinski definition) is 2. The highest BCUT2D eigenvalue weighted by Gasteiger charge is 1.97. The maximum atomic E-state index is 4.12. The predicted octanol–water partition coefficient (Wildman–Crippen LogP) is 1.85. The van der Waals surface area contributed by atoms with Crippen LogP contribution in [-0.2, 0) is 0 Å². The van der Waals surface area contributed by atoms with E-state index in [0.29, 0.717) is 0 Å². The van der Waals surface area contributed by atoms with Crippen LogP contribution in [0.15, 0.2) is 18.7 Å². The van der Waals surface area contributed by atoms with Crippen LogP contribution in [0.3, 0.4) is 0 Å². The van der Waals surface area contributed by atoms with Gasteiger partial charge in [-0.1, -0.05) is 12.7 Å². The summed E-state index contributed by atoms with van der Waals surface area (Å²) in [5.74, 6) is 0.882. The second kappa shape index (κ2) is 3.66. The first-order valence-corrected chi connectivity index (χ1v) is 4.20. The van der Waals surface area contributed by atoms with E-state index < -0.39 is 0 Å². The lowest BCUT2D eigenvalue weighted by atomic mass is 10.6. The van der Waals surface area contributed by atoms with Crippen molar-refractivity contribution in [2.45, 2.75) is 6.92 Å². The summed E-state index contributed by atoms with van der Waals surface area (Å²) in [5, 5.41) is 4.11. The molecule has 4 heteroatoms. The fourth-order valence-corrected chi connectivity index (χ4v) is 1.23. The average molecular weight is 261 g/mol. The first kappa shape index (κ1) is 8.45. The van der Waals surface area contributed by atoms with Gasteiger partial charge in [0.05, 0.1) is 0 Å². The van der Waals surface area contributed by atoms with Crippen LogP contribution in [0, 0.1) is 10.8 Å². The van der Waals surface area contributed by atoms with E-state index in [1.807, 2.05) is 19.2 Å². The van der Waals surface area contributed by atoms with Gasteiger partial charge in [-0.3, -0.25) is 0 Å². The van der Waals surface area contributed by atoms with Crippen LogP contribution in [0.2, 0.25) is 0 Å². The fraction of sp³-hybridized carbons (Fsp3) is 0.143. The molecule has 0 N–H and O–H groups in total.